The third kappa shape index (κ3) is 1.87. The highest BCUT2D eigenvalue weighted by molar-refractivity contribution is 6.15. The fourth-order valence-electron chi connectivity index (χ4n) is 2.46. The highest BCUT2D eigenvalue weighted by atomic mass is 19.1. The van der Waals surface area contributed by atoms with Gasteiger partial charge in [-0.05, 0) is 0 Å². The fraction of sp³-hybridized carbons (Fsp3) is 0.417. The van der Waals surface area contributed by atoms with E-state index in [0.717, 1.165) is 0 Å². The minimum absolute atomic E-state index is 0.0663. The van der Waals surface area contributed by atoms with Crippen LogP contribution in [0.1, 0.15) is 12.6 Å². The number of terminal acetylenes is 1. The standard InChI is InChI=1S/C12H11BFN5O3/c1-2-11(4-20)12(13,21)3-6(22-11)19-5-16-7-8(15)17-10(14)18-9(7)19/h1,5-6,20-21H,3-4H2,(H2,15,17,18)/t6-,11-,12+/m1/s1. The average molecular weight is 303 g/mol. The molecule has 4 N–H and O–H groups in total. The quantitative estimate of drug-likeness (QED) is 0.358. The zero-order valence-corrected chi connectivity index (χ0v) is 11.3. The Hall–Kier alpha value is -2.22. The molecule has 0 aromatic carbocycles. The van der Waals surface area contributed by atoms with Gasteiger partial charge in [0.15, 0.2) is 22.6 Å². The largest absolute Gasteiger partial charge is 0.396 e. The van der Waals surface area contributed by atoms with Crippen LogP contribution in [0.25, 0.3) is 11.2 Å². The van der Waals surface area contributed by atoms with E-state index in [-0.39, 0.29) is 23.4 Å². The first-order chi connectivity index (χ1) is 10.3. The molecule has 22 heavy (non-hydrogen) atoms. The molecular formula is C12H11BFN5O3. The number of nitrogen functional groups attached to an aromatic ring is 1. The lowest BCUT2D eigenvalue weighted by Gasteiger charge is -2.32. The molecule has 2 aromatic heterocycles. The first-order valence-electron chi connectivity index (χ1n) is 6.27. The number of fused-ring (bicyclic) bond motifs is 1. The van der Waals surface area contributed by atoms with E-state index < -0.39 is 30.0 Å². The zero-order chi connectivity index (χ0) is 16.1. The number of hydrogen-bond acceptors (Lipinski definition) is 7. The summed E-state index contributed by atoms with van der Waals surface area (Å²) in [5.74, 6) is 2.04. The normalized spacial score (nSPS) is 31.5. The van der Waals surface area contributed by atoms with Crippen molar-refractivity contribution in [3.05, 3.63) is 12.4 Å². The third-order valence-corrected chi connectivity index (χ3v) is 3.71. The Labute approximate surface area is 125 Å². The number of imidazole rings is 1. The van der Waals surface area contributed by atoms with E-state index in [1.807, 2.05) is 0 Å². The first-order valence-corrected chi connectivity index (χ1v) is 6.27. The number of ether oxygens (including phenoxy) is 1. The van der Waals surface area contributed by atoms with E-state index in [0.29, 0.717) is 0 Å². The van der Waals surface area contributed by atoms with Gasteiger partial charge >= 0.3 is 6.08 Å². The molecule has 0 amide bonds. The van der Waals surface area contributed by atoms with Crippen molar-refractivity contribution in [1.29, 1.82) is 0 Å². The van der Waals surface area contributed by atoms with Crippen LogP contribution in [-0.2, 0) is 4.74 Å². The second-order valence-electron chi connectivity index (χ2n) is 5.03. The summed E-state index contributed by atoms with van der Waals surface area (Å²) in [6, 6.07) is 0. The van der Waals surface area contributed by atoms with Crippen molar-refractivity contribution in [3.8, 4) is 12.3 Å². The Morgan fingerprint density at radius 1 is 1.64 bits per heavy atom. The van der Waals surface area contributed by atoms with Gasteiger partial charge in [0.1, 0.15) is 14.1 Å². The number of halogens is 1. The highest BCUT2D eigenvalue weighted by Crippen LogP contribution is 2.43. The smallest absolute Gasteiger partial charge is 0.312 e. The number of anilines is 1. The summed E-state index contributed by atoms with van der Waals surface area (Å²) in [6.45, 7) is -0.689. The number of nitrogens with zero attached hydrogens (tertiary/aromatic N) is 4. The highest BCUT2D eigenvalue weighted by Gasteiger charge is 2.55. The van der Waals surface area contributed by atoms with E-state index in [9.17, 15) is 14.6 Å². The van der Waals surface area contributed by atoms with Crippen LogP contribution < -0.4 is 5.73 Å². The topological polar surface area (TPSA) is 119 Å². The van der Waals surface area contributed by atoms with Gasteiger partial charge in [-0.3, -0.25) is 4.57 Å². The monoisotopic (exact) mass is 303 g/mol. The van der Waals surface area contributed by atoms with Gasteiger partial charge in [-0.25, -0.2) is 4.98 Å². The van der Waals surface area contributed by atoms with Crippen molar-refractivity contribution in [1.82, 2.24) is 19.5 Å². The molecule has 0 aliphatic carbocycles. The Morgan fingerprint density at radius 3 is 2.95 bits per heavy atom. The molecule has 2 aromatic rings. The molecule has 1 fully saturated rings. The Morgan fingerprint density at radius 2 is 2.36 bits per heavy atom. The summed E-state index contributed by atoms with van der Waals surface area (Å²) in [5, 5.41) is 19.7. The van der Waals surface area contributed by atoms with Gasteiger partial charge in [0, 0.05) is 6.42 Å². The van der Waals surface area contributed by atoms with Crippen molar-refractivity contribution < 1.29 is 19.3 Å². The van der Waals surface area contributed by atoms with Crippen LogP contribution in [0.5, 0.6) is 0 Å². The lowest BCUT2D eigenvalue weighted by atomic mass is 9.68. The summed E-state index contributed by atoms with van der Waals surface area (Å²) < 4.78 is 20.2. The Kier molecular flexibility index (Phi) is 3.10. The number of aromatic nitrogens is 4. The maximum atomic E-state index is 13.3. The maximum absolute atomic E-state index is 13.3. The average Bonchev–Trinajstić information content (AvgIpc) is 2.97. The van der Waals surface area contributed by atoms with Crippen molar-refractivity contribution in [2.24, 2.45) is 0 Å². The molecule has 1 aliphatic rings. The van der Waals surface area contributed by atoms with Gasteiger partial charge in [0.25, 0.3) is 0 Å². The fourth-order valence-corrected chi connectivity index (χ4v) is 2.46. The second-order valence-corrected chi connectivity index (χ2v) is 5.03. The van der Waals surface area contributed by atoms with Crippen LogP contribution in [0, 0.1) is 18.4 Å². The number of nitrogens with two attached hydrogens (primary N) is 1. The number of aliphatic hydroxyl groups excluding tert-OH is 1. The predicted molar refractivity (Wildman–Crippen MR) is 73.8 cm³/mol. The minimum Gasteiger partial charge on any atom is -0.396 e. The summed E-state index contributed by atoms with van der Waals surface area (Å²) in [6.07, 6.45) is 4.52. The van der Waals surface area contributed by atoms with Gasteiger partial charge in [-0.2, -0.15) is 14.4 Å². The Bertz CT molecular complexity index is 789. The number of rotatable bonds is 2. The third-order valence-electron chi connectivity index (χ3n) is 3.71. The number of aliphatic hydroxyl groups is 2. The van der Waals surface area contributed by atoms with E-state index >= 15 is 0 Å². The number of hydrogen-bond donors (Lipinski definition) is 3. The molecule has 3 heterocycles. The molecule has 10 heteroatoms. The van der Waals surface area contributed by atoms with Gasteiger partial charge < -0.3 is 20.7 Å². The first kappa shape index (κ1) is 14.7. The van der Waals surface area contributed by atoms with Crippen LogP contribution in [0.4, 0.5) is 10.2 Å². The van der Waals surface area contributed by atoms with Gasteiger partial charge in [-0.15, -0.1) is 6.42 Å². The van der Waals surface area contributed by atoms with E-state index in [1.54, 1.807) is 0 Å². The Balaban J connectivity index is 2.09. The molecule has 3 rings (SSSR count). The second kappa shape index (κ2) is 4.64. The molecule has 8 nitrogen and oxygen atoms in total. The summed E-state index contributed by atoms with van der Waals surface area (Å²) in [7, 11) is 5.74. The lowest BCUT2D eigenvalue weighted by molar-refractivity contribution is -0.101. The maximum Gasteiger partial charge on any atom is 0.312 e. The van der Waals surface area contributed by atoms with Crippen LogP contribution in [0.3, 0.4) is 0 Å². The van der Waals surface area contributed by atoms with Gasteiger partial charge in [0.2, 0.25) is 0 Å². The van der Waals surface area contributed by atoms with E-state index in [4.69, 9.17) is 24.7 Å². The van der Waals surface area contributed by atoms with Gasteiger partial charge in [-0.1, -0.05) is 5.92 Å². The van der Waals surface area contributed by atoms with Crippen molar-refractivity contribution in [3.63, 3.8) is 0 Å². The zero-order valence-electron chi connectivity index (χ0n) is 11.3. The van der Waals surface area contributed by atoms with Gasteiger partial charge in [0.05, 0.1) is 18.4 Å². The predicted octanol–water partition coefficient (Wildman–Crippen LogP) is -1.31. The molecule has 0 saturated carbocycles. The lowest BCUT2D eigenvalue weighted by Crippen LogP contribution is -2.53. The molecule has 0 bridgehead atoms. The van der Waals surface area contributed by atoms with Crippen LogP contribution >= 0.6 is 0 Å². The van der Waals surface area contributed by atoms with Crippen LogP contribution in [-0.4, -0.2) is 55.3 Å². The molecule has 1 aliphatic heterocycles. The molecule has 3 atom stereocenters. The van der Waals surface area contributed by atoms with E-state index in [2.05, 4.69) is 20.9 Å². The van der Waals surface area contributed by atoms with Crippen molar-refractivity contribution in [2.45, 2.75) is 23.8 Å². The van der Waals surface area contributed by atoms with Crippen LogP contribution in [0.2, 0.25) is 0 Å². The molecule has 112 valence electrons. The SMILES string of the molecule is [B][C@]1(O)C[C@H](n2cnc3c(N)nc(F)nc32)O[C@]1(C#C)CO. The van der Waals surface area contributed by atoms with E-state index in [1.165, 1.54) is 10.9 Å². The summed E-state index contributed by atoms with van der Waals surface area (Å²) >= 11 is 0. The molecule has 2 radical (unpaired) electrons. The van der Waals surface area contributed by atoms with Crippen molar-refractivity contribution >= 4 is 24.8 Å². The molecule has 0 unspecified atom stereocenters. The van der Waals surface area contributed by atoms with Crippen LogP contribution in [0.15, 0.2) is 6.33 Å². The minimum atomic E-state index is -1.98. The summed E-state index contributed by atoms with van der Waals surface area (Å²) in [4.78, 5) is 11.0. The molecule has 1 saturated heterocycles. The summed E-state index contributed by atoms with van der Waals surface area (Å²) in [5.41, 5.74) is 2.05. The van der Waals surface area contributed by atoms with Crippen molar-refractivity contribution in [2.75, 3.05) is 12.3 Å². The molecular weight excluding hydrogens is 292 g/mol. The molecule has 0 spiro atoms.